The van der Waals surface area contributed by atoms with Crippen molar-refractivity contribution in [2.24, 2.45) is 5.92 Å². The fourth-order valence-corrected chi connectivity index (χ4v) is 1.62. The minimum absolute atomic E-state index is 0.0444. The Bertz CT molecular complexity index is 127. The molecule has 0 aromatic rings. The molecule has 0 heterocycles. The van der Waals surface area contributed by atoms with E-state index in [1.54, 1.807) is 0 Å². The van der Waals surface area contributed by atoms with Gasteiger partial charge in [-0.3, -0.25) is 0 Å². The summed E-state index contributed by atoms with van der Waals surface area (Å²) in [5.41, 5.74) is 0. The largest absolute Gasteiger partial charge is 0.390 e. The Morgan fingerprint density at radius 2 is 2.00 bits per heavy atom. The van der Waals surface area contributed by atoms with Gasteiger partial charge in [-0.15, -0.1) is 0 Å². The van der Waals surface area contributed by atoms with Crippen molar-refractivity contribution in [3.8, 4) is 0 Å². The summed E-state index contributed by atoms with van der Waals surface area (Å²) in [4.78, 5) is 0. The van der Waals surface area contributed by atoms with E-state index in [9.17, 15) is 13.9 Å². The maximum Gasteiger partial charge on any atom is 0.157 e. The molecule has 1 aliphatic rings. The molecule has 1 rings (SSSR count). The molecule has 0 aromatic heterocycles. The van der Waals surface area contributed by atoms with Gasteiger partial charge >= 0.3 is 0 Å². The molecule has 0 spiro atoms. The second-order valence-corrected chi connectivity index (χ2v) is 3.20. The Kier molecular flexibility index (Phi) is 2.82. The molecule has 3 heteroatoms. The van der Waals surface area contributed by atoms with Gasteiger partial charge in [-0.1, -0.05) is 13.3 Å². The molecular weight excluding hydrogens is 150 g/mol. The van der Waals surface area contributed by atoms with Crippen molar-refractivity contribution in [1.82, 2.24) is 0 Å². The molecule has 0 aromatic carbocycles. The van der Waals surface area contributed by atoms with Crippen LogP contribution in [-0.4, -0.2) is 23.6 Å². The Morgan fingerprint density at radius 3 is 2.55 bits per heavy atom. The summed E-state index contributed by atoms with van der Waals surface area (Å²) in [5.74, 6) is -0.0444. The quantitative estimate of drug-likeness (QED) is 0.627. The zero-order valence-corrected chi connectivity index (χ0v) is 6.63. The molecule has 0 amide bonds. The average Bonchev–Trinajstić information content (AvgIpc) is 2.01. The van der Waals surface area contributed by atoms with Crippen LogP contribution in [-0.2, 0) is 0 Å². The highest BCUT2D eigenvalue weighted by Crippen LogP contribution is 2.30. The fourth-order valence-electron chi connectivity index (χ4n) is 1.62. The normalized spacial score (nSPS) is 45.8. The molecule has 0 bridgehead atoms. The maximum atomic E-state index is 12.8. The van der Waals surface area contributed by atoms with Crippen molar-refractivity contribution >= 4 is 0 Å². The summed E-state index contributed by atoms with van der Waals surface area (Å²) in [6.07, 6.45) is -2.59. The van der Waals surface area contributed by atoms with E-state index in [1.807, 2.05) is 6.92 Å². The van der Waals surface area contributed by atoms with Gasteiger partial charge in [0, 0.05) is 0 Å². The lowest BCUT2D eigenvalue weighted by Gasteiger charge is -2.31. The molecule has 0 saturated heterocycles. The van der Waals surface area contributed by atoms with E-state index < -0.39 is 18.4 Å². The molecular formula is C8H14F2O. The van der Waals surface area contributed by atoms with Crippen molar-refractivity contribution in [3.63, 3.8) is 0 Å². The lowest BCUT2D eigenvalue weighted by molar-refractivity contribution is -0.0441. The molecule has 0 radical (unpaired) electrons. The molecule has 66 valence electrons. The molecule has 11 heavy (non-hydrogen) atoms. The van der Waals surface area contributed by atoms with E-state index in [4.69, 9.17) is 0 Å². The molecule has 1 nitrogen and oxygen atoms in total. The number of aliphatic hydroxyl groups excluding tert-OH is 1. The lowest BCUT2D eigenvalue weighted by atomic mass is 9.83. The molecule has 1 saturated carbocycles. The van der Waals surface area contributed by atoms with Gasteiger partial charge in [0.1, 0.15) is 6.17 Å². The van der Waals surface area contributed by atoms with Gasteiger partial charge in [0.2, 0.25) is 0 Å². The monoisotopic (exact) mass is 164 g/mol. The van der Waals surface area contributed by atoms with E-state index in [0.717, 1.165) is 6.42 Å². The van der Waals surface area contributed by atoms with Crippen LogP contribution in [0.5, 0.6) is 0 Å². The highest BCUT2D eigenvalue weighted by Gasteiger charge is 2.37. The van der Waals surface area contributed by atoms with Crippen LogP contribution in [0.2, 0.25) is 0 Å². The molecule has 1 N–H and O–H groups in total. The predicted molar refractivity (Wildman–Crippen MR) is 38.8 cm³/mol. The first-order valence-corrected chi connectivity index (χ1v) is 4.13. The van der Waals surface area contributed by atoms with Crippen molar-refractivity contribution in [3.05, 3.63) is 0 Å². The third-order valence-electron chi connectivity index (χ3n) is 2.49. The number of hydrogen-bond donors (Lipinski definition) is 1. The van der Waals surface area contributed by atoms with Gasteiger partial charge in [0.05, 0.1) is 6.10 Å². The first-order chi connectivity index (χ1) is 5.16. The average molecular weight is 164 g/mol. The van der Waals surface area contributed by atoms with Gasteiger partial charge in [-0.2, -0.15) is 0 Å². The van der Waals surface area contributed by atoms with Crippen molar-refractivity contribution < 1.29 is 13.9 Å². The van der Waals surface area contributed by atoms with Crippen LogP contribution < -0.4 is 0 Å². The predicted octanol–water partition coefficient (Wildman–Crippen LogP) is 1.84. The molecule has 0 aliphatic heterocycles. The topological polar surface area (TPSA) is 20.2 Å². The smallest absolute Gasteiger partial charge is 0.157 e. The second-order valence-electron chi connectivity index (χ2n) is 3.20. The van der Waals surface area contributed by atoms with E-state index in [2.05, 4.69) is 0 Å². The Hall–Kier alpha value is -0.180. The van der Waals surface area contributed by atoms with Gasteiger partial charge < -0.3 is 5.11 Å². The summed E-state index contributed by atoms with van der Waals surface area (Å²) in [5, 5.41) is 9.19. The minimum Gasteiger partial charge on any atom is -0.390 e. The number of hydrogen-bond acceptors (Lipinski definition) is 1. The summed E-state index contributed by atoms with van der Waals surface area (Å²) in [6.45, 7) is 1.89. The minimum atomic E-state index is -1.66. The summed E-state index contributed by atoms with van der Waals surface area (Å²) in [6, 6.07) is 0. The Labute approximate surface area is 65.4 Å². The van der Waals surface area contributed by atoms with Crippen LogP contribution in [0.3, 0.4) is 0 Å². The number of rotatable bonds is 1. The number of aliphatic hydroxyl groups is 1. The number of alkyl halides is 2. The molecule has 1 aliphatic carbocycles. The SMILES string of the molecule is CCC1CCC(F)C(F)C1O. The summed E-state index contributed by atoms with van der Waals surface area (Å²) in [7, 11) is 0. The van der Waals surface area contributed by atoms with Gasteiger partial charge in [0.15, 0.2) is 6.17 Å². The van der Waals surface area contributed by atoms with E-state index in [0.29, 0.717) is 6.42 Å². The van der Waals surface area contributed by atoms with Crippen LogP contribution in [0.25, 0.3) is 0 Å². The Balaban J connectivity index is 2.52. The fraction of sp³-hybridized carbons (Fsp3) is 1.00. The van der Waals surface area contributed by atoms with Crippen LogP contribution in [0, 0.1) is 5.92 Å². The standard InChI is InChI=1S/C8H14F2O/c1-2-5-3-4-6(9)7(10)8(5)11/h5-8,11H,2-4H2,1H3. The van der Waals surface area contributed by atoms with Crippen LogP contribution in [0.4, 0.5) is 8.78 Å². The molecule has 4 atom stereocenters. The zero-order valence-electron chi connectivity index (χ0n) is 6.63. The van der Waals surface area contributed by atoms with Crippen LogP contribution in [0.15, 0.2) is 0 Å². The van der Waals surface area contributed by atoms with Crippen LogP contribution in [0.1, 0.15) is 26.2 Å². The van der Waals surface area contributed by atoms with Crippen LogP contribution >= 0.6 is 0 Å². The van der Waals surface area contributed by atoms with Gasteiger partial charge in [0.25, 0.3) is 0 Å². The third kappa shape index (κ3) is 1.70. The molecule has 4 unspecified atom stereocenters. The van der Waals surface area contributed by atoms with Crippen molar-refractivity contribution in [2.45, 2.75) is 44.6 Å². The molecule has 1 fully saturated rings. The third-order valence-corrected chi connectivity index (χ3v) is 2.49. The van der Waals surface area contributed by atoms with Crippen molar-refractivity contribution in [1.29, 1.82) is 0 Å². The van der Waals surface area contributed by atoms with E-state index >= 15 is 0 Å². The summed E-state index contributed by atoms with van der Waals surface area (Å²) < 4.78 is 25.4. The summed E-state index contributed by atoms with van der Waals surface area (Å²) >= 11 is 0. The van der Waals surface area contributed by atoms with Gasteiger partial charge in [-0.25, -0.2) is 8.78 Å². The highest BCUT2D eigenvalue weighted by atomic mass is 19.2. The van der Waals surface area contributed by atoms with E-state index in [1.165, 1.54) is 0 Å². The van der Waals surface area contributed by atoms with Crippen molar-refractivity contribution in [2.75, 3.05) is 0 Å². The van der Waals surface area contributed by atoms with Gasteiger partial charge in [-0.05, 0) is 18.8 Å². The Morgan fingerprint density at radius 1 is 1.36 bits per heavy atom. The first kappa shape index (κ1) is 8.91. The zero-order chi connectivity index (χ0) is 8.43. The second kappa shape index (κ2) is 3.48. The lowest BCUT2D eigenvalue weighted by Crippen LogP contribution is -2.41. The number of halogens is 2. The maximum absolute atomic E-state index is 12.8. The first-order valence-electron chi connectivity index (χ1n) is 4.13. The van der Waals surface area contributed by atoms with E-state index in [-0.39, 0.29) is 12.3 Å². The highest BCUT2D eigenvalue weighted by molar-refractivity contribution is 4.86.